The third kappa shape index (κ3) is 2.43. The van der Waals surface area contributed by atoms with Crippen LogP contribution in [0, 0.1) is 12.7 Å². The number of amides is 1. The van der Waals surface area contributed by atoms with Gasteiger partial charge in [0.15, 0.2) is 0 Å². The second-order valence-electron chi connectivity index (χ2n) is 4.50. The molecule has 0 saturated heterocycles. The van der Waals surface area contributed by atoms with Crippen molar-refractivity contribution in [2.45, 2.75) is 6.92 Å². The largest absolute Gasteiger partial charge is 0.319 e. The smallest absolute Gasteiger partial charge is 0.258 e. The maximum absolute atomic E-state index is 14.0. The van der Waals surface area contributed by atoms with Crippen LogP contribution >= 0.6 is 11.3 Å². The first-order valence-corrected chi connectivity index (χ1v) is 7.01. The molecule has 0 aliphatic carbocycles. The summed E-state index contributed by atoms with van der Waals surface area (Å²) in [5, 5.41) is 6.23. The number of hydrogen-bond acceptors (Lipinski definition) is 4. The molecular formula is C14H10FN3O2S. The first kappa shape index (κ1) is 13.4. The highest BCUT2D eigenvalue weighted by atomic mass is 32.1. The maximum Gasteiger partial charge on any atom is 0.258 e. The number of aromatic amines is 1. The minimum atomic E-state index is -0.637. The number of hydrogen-bond donors (Lipinski definition) is 2. The zero-order valence-corrected chi connectivity index (χ0v) is 11.8. The van der Waals surface area contributed by atoms with Crippen LogP contribution in [0.25, 0.3) is 10.9 Å². The van der Waals surface area contributed by atoms with E-state index < -0.39 is 11.7 Å². The van der Waals surface area contributed by atoms with Crippen LogP contribution in [-0.2, 0) is 0 Å². The maximum atomic E-state index is 14.0. The number of carbonyl (C=O) groups excluding carboxylic acids is 1. The predicted molar refractivity (Wildman–Crippen MR) is 79.3 cm³/mol. The Morgan fingerprint density at radius 3 is 2.90 bits per heavy atom. The fraction of sp³-hybridized carbons (Fsp3) is 0.0714. The molecule has 3 rings (SSSR count). The van der Waals surface area contributed by atoms with E-state index in [0.717, 1.165) is 11.6 Å². The number of fused-ring (bicyclic) bond motifs is 1. The lowest BCUT2D eigenvalue weighted by Crippen LogP contribution is -2.14. The van der Waals surface area contributed by atoms with Gasteiger partial charge >= 0.3 is 0 Å². The molecule has 0 fully saturated rings. The van der Waals surface area contributed by atoms with Crippen molar-refractivity contribution in [3.63, 3.8) is 0 Å². The van der Waals surface area contributed by atoms with Crippen molar-refractivity contribution in [3.8, 4) is 0 Å². The van der Waals surface area contributed by atoms with E-state index in [9.17, 15) is 14.0 Å². The molecule has 2 heterocycles. The number of aryl methyl sites for hydroxylation is 1. The summed E-state index contributed by atoms with van der Waals surface area (Å²) in [6, 6.07) is 2.41. The van der Waals surface area contributed by atoms with Crippen LogP contribution in [-0.4, -0.2) is 15.9 Å². The number of anilines is 1. The number of nitrogens with zero attached hydrogens (tertiary/aromatic N) is 1. The minimum Gasteiger partial charge on any atom is -0.319 e. The van der Waals surface area contributed by atoms with Gasteiger partial charge in [0, 0.05) is 11.4 Å². The zero-order valence-electron chi connectivity index (χ0n) is 10.9. The number of rotatable bonds is 2. The molecule has 0 spiro atoms. The first-order chi connectivity index (χ1) is 10.1. The lowest BCUT2D eigenvalue weighted by atomic mass is 10.2. The number of nitrogens with one attached hydrogen (secondary N) is 2. The van der Waals surface area contributed by atoms with Crippen molar-refractivity contribution in [1.29, 1.82) is 0 Å². The Morgan fingerprint density at radius 1 is 1.38 bits per heavy atom. The van der Waals surface area contributed by atoms with Gasteiger partial charge in [0.1, 0.15) is 5.82 Å². The van der Waals surface area contributed by atoms with Crippen LogP contribution in [0.3, 0.4) is 0 Å². The summed E-state index contributed by atoms with van der Waals surface area (Å²) in [7, 11) is 0. The Balaban J connectivity index is 2.03. The van der Waals surface area contributed by atoms with Gasteiger partial charge in [-0.15, -0.1) is 0 Å². The molecule has 2 N–H and O–H groups in total. The second-order valence-corrected chi connectivity index (χ2v) is 5.25. The van der Waals surface area contributed by atoms with E-state index in [1.165, 1.54) is 23.7 Å². The van der Waals surface area contributed by atoms with E-state index in [0.29, 0.717) is 5.56 Å². The molecule has 21 heavy (non-hydrogen) atoms. The number of halogens is 1. The molecule has 1 aromatic carbocycles. The molecule has 0 aliphatic rings. The molecule has 5 nitrogen and oxygen atoms in total. The van der Waals surface area contributed by atoms with E-state index >= 15 is 0 Å². The quantitative estimate of drug-likeness (QED) is 0.764. The van der Waals surface area contributed by atoms with Gasteiger partial charge in [-0.3, -0.25) is 9.59 Å². The fourth-order valence-corrected chi connectivity index (χ4v) is 2.80. The lowest BCUT2D eigenvalue weighted by Gasteiger charge is -2.07. The van der Waals surface area contributed by atoms with Gasteiger partial charge in [0.2, 0.25) is 0 Å². The average molecular weight is 303 g/mol. The molecule has 3 aromatic rings. The van der Waals surface area contributed by atoms with Gasteiger partial charge in [0.25, 0.3) is 11.5 Å². The normalized spacial score (nSPS) is 10.8. The third-order valence-corrected chi connectivity index (χ3v) is 3.94. The molecule has 0 unspecified atom stereocenters. The van der Waals surface area contributed by atoms with Crippen LogP contribution in [0.15, 0.2) is 34.0 Å². The van der Waals surface area contributed by atoms with Gasteiger partial charge in [0.05, 0.1) is 28.5 Å². The highest BCUT2D eigenvalue weighted by Crippen LogP contribution is 2.21. The minimum absolute atomic E-state index is 0.0448. The summed E-state index contributed by atoms with van der Waals surface area (Å²) in [6.07, 6.45) is 1.21. The van der Waals surface area contributed by atoms with E-state index in [1.54, 1.807) is 12.3 Å². The molecule has 0 atom stereocenters. The van der Waals surface area contributed by atoms with E-state index in [1.807, 2.05) is 5.38 Å². The summed E-state index contributed by atoms with van der Waals surface area (Å²) in [4.78, 5) is 30.1. The molecule has 0 saturated carbocycles. The molecule has 0 radical (unpaired) electrons. The number of thiophene rings is 1. The first-order valence-electron chi connectivity index (χ1n) is 6.07. The lowest BCUT2D eigenvalue weighted by molar-refractivity contribution is 0.102. The van der Waals surface area contributed by atoms with E-state index in [2.05, 4.69) is 15.3 Å². The van der Waals surface area contributed by atoms with Crippen molar-refractivity contribution in [2.75, 3.05) is 5.32 Å². The van der Waals surface area contributed by atoms with Crippen LogP contribution in [0.2, 0.25) is 0 Å². The SMILES string of the molecule is Cc1cscc1C(=O)Nc1cc2c(=O)[nH]cnc2cc1F. The Bertz CT molecular complexity index is 901. The third-order valence-electron chi connectivity index (χ3n) is 3.08. The Kier molecular flexibility index (Phi) is 3.26. The van der Waals surface area contributed by atoms with Crippen molar-refractivity contribution in [3.05, 3.63) is 56.5 Å². The Hall–Kier alpha value is -2.54. The van der Waals surface area contributed by atoms with Crippen molar-refractivity contribution in [2.24, 2.45) is 0 Å². The van der Waals surface area contributed by atoms with Crippen molar-refractivity contribution < 1.29 is 9.18 Å². The number of carbonyl (C=O) groups is 1. The van der Waals surface area contributed by atoms with E-state index in [4.69, 9.17) is 0 Å². The van der Waals surface area contributed by atoms with Gasteiger partial charge in [-0.2, -0.15) is 11.3 Å². The van der Waals surface area contributed by atoms with Crippen molar-refractivity contribution >= 4 is 33.8 Å². The van der Waals surface area contributed by atoms with Crippen LogP contribution < -0.4 is 10.9 Å². The molecular weight excluding hydrogens is 293 g/mol. The van der Waals surface area contributed by atoms with Crippen LogP contribution in [0.1, 0.15) is 15.9 Å². The highest BCUT2D eigenvalue weighted by Gasteiger charge is 2.14. The Labute approximate surface area is 122 Å². The Morgan fingerprint density at radius 2 is 2.19 bits per heavy atom. The predicted octanol–water partition coefficient (Wildman–Crippen LogP) is 2.68. The van der Waals surface area contributed by atoms with Gasteiger partial charge in [-0.1, -0.05) is 0 Å². The molecule has 1 amide bonds. The monoisotopic (exact) mass is 303 g/mol. The van der Waals surface area contributed by atoms with Crippen LogP contribution in [0.4, 0.5) is 10.1 Å². The molecule has 2 aromatic heterocycles. The van der Waals surface area contributed by atoms with Crippen LogP contribution in [0.5, 0.6) is 0 Å². The molecule has 7 heteroatoms. The average Bonchev–Trinajstić information content (AvgIpc) is 2.87. The summed E-state index contributed by atoms with van der Waals surface area (Å²) >= 11 is 1.39. The van der Waals surface area contributed by atoms with Gasteiger partial charge in [-0.05, 0) is 23.9 Å². The second kappa shape index (κ2) is 5.10. The molecule has 0 aliphatic heterocycles. The number of aromatic nitrogens is 2. The molecule has 106 valence electrons. The topological polar surface area (TPSA) is 74.8 Å². The summed E-state index contributed by atoms with van der Waals surface area (Å²) in [5.74, 6) is -1.05. The highest BCUT2D eigenvalue weighted by molar-refractivity contribution is 7.08. The van der Waals surface area contributed by atoms with Gasteiger partial charge in [-0.25, -0.2) is 9.37 Å². The van der Waals surface area contributed by atoms with Gasteiger partial charge < -0.3 is 10.3 Å². The number of H-pyrrole nitrogens is 1. The zero-order chi connectivity index (χ0) is 15.0. The summed E-state index contributed by atoms with van der Waals surface area (Å²) < 4.78 is 14.0. The summed E-state index contributed by atoms with van der Waals surface area (Å²) in [5.41, 5.74) is 1.11. The fourth-order valence-electron chi connectivity index (χ4n) is 1.97. The molecule has 0 bridgehead atoms. The van der Waals surface area contributed by atoms with E-state index in [-0.39, 0.29) is 22.1 Å². The van der Waals surface area contributed by atoms with Crippen molar-refractivity contribution in [1.82, 2.24) is 9.97 Å². The number of benzene rings is 1. The standard InChI is InChI=1S/C14H10FN3O2S/c1-7-4-21-5-9(7)14(20)18-12-2-8-11(3-10(12)15)16-6-17-13(8)19/h2-6H,1H3,(H,18,20)(H,16,17,19). The summed E-state index contributed by atoms with van der Waals surface area (Å²) in [6.45, 7) is 1.80.